The van der Waals surface area contributed by atoms with Crippen molar-refractivity contribution in [2.75, 3.05) is 6.61 Å². The second-order valence-electron chi connectivity index (χ2n) is 2.06. The summed E-state index contributed by atoms with van der Waals surface area (Å²) in [6.07, 6.45) is 2.61. The minimum atomic E-state index is -0.799. The Labute approximate surface area is 53.6 Å². The Bertz CT molecular complexity index is 105. The van der Waals surface area contributed by atoms with Gasteiger partial charge in [0.1, 0.15) is 6.10 Å². The van der Waals surface area contributed by atoms with Crippen LogP contribution in [0.4, 0.5) is 0 Å². The van der Waals surface area contributed by atoms with E-state index < -0.39 is 5.97 Å². The summed E-state index contributed by atoms with van der Waals surface area (Å²) in [7, 11) is 0. The van der Waals surface area contributed by atoms with Gasteiger partial charge in [0.05, 0.1) is 6.42 Å². The van der Waals surface area contributed by atoms with E-state index in [1.54, 1.807) is 0 Å². The van der Waals surface area contributed by atoms with E-state index >= 15 is 0 Å². The maximum atomic E-state index is 10.1. The summed E-state index contributed by atoms with van der Waals surface area (Å²) in [4.78, 5) is 10.1. The smallest absolute Gasteiger partial charge is 0.306 e. The maximum absolute atomic E-state index is 10.1. The monoisotopic (exact) mass is 129 g/mol. The lowest BCUT2D eigenvalue weighted by Crippen LogP contribution is -2.03. The third-order valence-corrected chi connectivity index (χ3v) is 1.25. The van der Waals surface area contributed by atoms with E-state index in [0.717, 1.165) is 18.9 Å². The van der Waals surface area contributed by atoms with Gasteiger partial charge in [0.25, 0.3) is 0 Å². The lowest BCUT2D eigenvalue weighted by molar-refractivity contribution is -0.137. The summed E-state index contributed by atoms with van der Waals surface area (Å²) < 4.78 is 5.00. The van der Waals surface area contributed by atoms with Crippen LogP contribution in [0.3, 0.4) is 0 Å². The molecule has 1 rings (SSSR count). The van der Waals surface area contributed by atoms with E-state index in [1.165, 1.54) is 0 Å². The first-order valence-electron chi connectivity index (χ1n) is 2.98. The van der Waals surface area contributed by atoms with Crippen LogP contribution in [-0.4, -0.2) is 17.7 Å². The molecule has 0 aromatic carbocycles. The lowest BCUT2D eigenvalue weighted by atomic mass is 10.2. The number of carbonyl (C=O) groups is 1. The molecule has 3 heteroatoms. The summed E-state index contributed by atoms with van der Waals surface area (Å²) in [6.45, 7) is 0.697. The fraction of sp³-hybridized carbons (Fsp3) is 0.667. The van der Waals surface area contributed by atoms with Crippen LogP contribution in [0.15, 0.2) is 0 Å². The summed E-state index contributed by atoms with van der Waals surface area (Å²) in [5.74, 6) is -0.799. The molecular weight excluding hydrogens is 120 g/mol. The topological polar surface area (TPSA) is 46.5 Å². The molecule has 0 aromatic rings. The first-order chi connectivity index (χ1) is 4.29. The molecule has 3 nitrogen and oxygen atoms in total. The molecule has 1 aliphatic rings. The van der Waals surface area contributed by atoms with Crippen molar-refractivity contribution >= 4 is 5.97 Å². The number of carboxylic acid groups (broad SMARTS) is 1. The summed E-state index contributed by atoms with van der Waals surface area (Å²) in [5, 5.41) is 8.27. The van der Waals surface area contributed by atoms with Crippen LogP contribution < -0.4 is 0 Å². The van der Waals surface area contributed by atoms with Gasteiger partial charge in [0.2, 0.25) is 0 Å². The van der Waals surface area contributed by atoms with Gasteiger partial charge in [-0.05, 0) is 12.8 Å². The molecule has 1 N–H and O–H groups in total. The van der Waals surface area contributed by atoms with Gasteiger partial charge in [-0.1, -0.05) is 0 Å². The molecule has 1 fully saturated rings. The van der Waals surface area contributed by atoms with Gasteiger partial charge in [-0.3, -0.25) is 4.79 Å². The number of aliphatic carboxylic acids is 1. The van der Waals surface area contributed by atoms with Gasteiger partial charge in [0, 0.05) is 6.61 Å². The van der Waals surface area contributed by atoms with Crippen molar-refractivity contribution in [3.63, 3.8) is 0 Å². The molecular formula is C6H9O3. The van der Waals surface area contributed by atoms with Gasteiger partial charge in [0.15, 0.2) is 0 Å². The van der Waals surface area contributed by atoms with Crippen molar-refractivity contribution < 1.29 is 14.6 Å². The largest absolute Gasteiger partial charge is 0.481 e. The van der Waals surface area contributed by atoms with E-state index in [0.29, 0.717) is 6.61 Å². The highest BCUT2D eigenvalue weighted by molar-refractivity contribution is 5.68. The zero-order valence-electron chi connectivity index (χ0n) is 5.09. The van der Waals surface area contributed by atoms with Gasteiger partial charge in [-0.15, -0.1) is 0 Å². The molecule has 0 aliphatic carbocycles. The van der Waals surface area contributed by atoms with E-state index in [2.05, 4.69) is 0 Å². The number of rotatable bonds is 2. The SMILES string of the molecule is O=C(O)C[C]1CCCO1. The highest BCUT2D eigenvalue weighted by atomic mass is 16.5. The van der Waals surface area contributed by atoms with Crippen LogP contribution in [0.25, 0.3) is 0 Å². The summed E-state index contributed by atoms with van der Waals surface area (Å²) >= 11 is 0. The van der Waals surface area contributed by atoms with Gasteiger partial charge in [-0.2, -0.15) is 0 Å². The van der Waals surface area contributed by atoms with Crippen molar-refractivity contribution in [1.82, 2.24) is 0 Å². The van der Waals surface area contributed by atoms with Crippen LogP contribution in [0.2, 0.25) is 0 Å². The van der Waals surface area contributed by atoms with Crippen molar-refractivity contribution in [3.8, 4) is 0 Å². The molecule has 0 bridgehead atoms. The fourth-order valence-corrected chi connectivity index (χ4v) is 0.866. The Balaban J connectivity index is 2.19. The third kappa shape index (κ3) is 2.01. The van der Waals surface area contributed by atoms with E-state index in [9.17, 15) is 4.79 Å². The summed E-state index contributed by atoms with van der Waals surface area (Å²) in [5.41, 5.74) is 0. The molecule has 1 radical (unpaired) electrons. The number of carboxylic acids is 1. The quantitative estimate of drug-likeness (QED) is 0.600. The fourth-order valence-electron chi connectivity index (χ4n) is 0.866. The predicted octanol–water partition coefficient (Wildman–Crippen LogP) is 0.803. The molecule has 1 saturated heterocycles. The molecule has 0 unspecified atom stereocenters. The minimum Gasteiger partial charge on any atom is -0.481 e. The molecule has 9 heavy (non-hydrogen) atoms. The molecule has 0 atom stereocenters. The highest BCUT2D eigenvalue weighted by Gasteiger charge is 2.19. The van der Waals surface area contributed by atoms with E-state index in [4.69, 9.17) is 9.84 Å². The Morgan fingerprint density at radius 3 is 3.00 bits per heavy atom. The van der Waals surface area contributed by atoms with Gasteiger partial charge in [-0.25, -0.2) is 0 Å². The minimum absolute atomic E-state index is 0.0833. The summed E-state index contributed by atoms with van der Waals surface area (Å²) in [6, 6.07) is 0. The van der Waals surface area contributed by atoms with E-state index in [1.807, 2.05) is 0 Å². The average molecular weight is 129 g/mol. The Kier molecular flexibility index (Phi) is 2.05. The Morgan fingerprint density at radius 1 is 1.78 bits per heavy atom. The average Bonchev–Trinajstić information content (AvgIpc) is 2.15. The first kappa shape index (κ1) is 6.55. The molecule has 1 heterocycles. The molecule has 0 spiro atoms. The Hall–Kier alpha value is -0.570. The standard InChI is InChI=1S/C6H9O3/c7-6(8)4-5-2-1-3-9-5/h1-4H2,(H,7,8). The number of hydrogen-bond donors (Lipinski definition) is 1. The normalized spacial score (nSPS) is 20.4. The van der Waals surface area contributed by atoms with Crippen LogP contribution in [-0.2, 0) is 9.53 Å². The molecule has 0 aromatic heterocycles. The van der Waals surface area contributed by atoms with Gasteiger partial charge >= 0.3 is 5.97 Å². The highest BCUT2D eigenvalue weighted by Crippen LogP contribution is 2.22. The number of ether oxygens (including phenoxy) is 1. The number of hydrogen-bond acceptors (Lipinski definition) is 2. The van der Waals surface area contributed by atoms with Crippen LogP contribution in [0, 0.1) is 6.10 Å². The zero-order chi connectivity index (χ0) is 6.69. The van der Waals surface area contributed by atoms with E-state index in [-0.39, 0.29) is 6.42 Å². The molecule has 0 amide bonds. The first-order valence-corrected chi connectivity index (χ1v) is 2.98. The van der Waals surface area contributed by atoms with Crippen molar-refractivity contribution in [1.29, 1.82) is 0 Å². The second-order valence-corrected chi connectivity index (χ2v) is 2.06. The van der Waals surface area contributed by atoms with Crippen LogP contribution in [0.1, 0.15) is 19.3 Å². The van der Waals surface area contributed by atoms with Crippen LogP contribution in [0.5, 0.6) is 0 Å². The zero-order valence-corrected chi connectivity index (χ0v) is 5.09. The Morgan fingerprint density at radius 2 is 2.56 bits per heavy atom. The van der Waals surface area contributed by atoms with Crippen molar-refractivity contribution in [3.05, 3.63) is 6.10 Å². The van der Waals surface area contributed by atoms with Gasteiger partial charge < -0.3 is 9.84 Å². The molecule has 1 aliphatic heterocycles. The van der Waals surface area contributed by atoms with Crippen LogP contribution >= 0.6 is 0 Å². The third-order valence-electron chi connectivity index (χ3n) is 1.25. The predicted molar refractivity (Wildman–Crippen MR) is 30.7 cm³/mol. The molecule has 51 valence electrons. The maximum Gasteiger partial charge on any atom is 0.306 e. The van der Waals surface area contributed by atoms with Crippen molar-refractivity contribution in [2.45, 2.75) is 19.3 Å². The lowest BCUT2D eigenvalue weighted by Gasteiger charge is -2.01. The second kappa shape index (κ2) is 2.82. The van der Waals surface area contributed by atoms with Crippen molar-refractivity contribution in [2.24, 2.45) is 0 Å². The molecule has 0 saturated carbocycles.